The van der Waals surface area contributed by atoms with Gasteiger partial charge in [-0.05, 0) is 47.3 Å². The fourth-order valence-electron chi connectivity index (χ4n) is 7.03. The number of ether oxygens (including phenoxy) is 2. The van der Waals surface area contributed by atoms with E-state index < -0.39 is 32.0 Å². The summed E-state index contributed by atoms with van der Waals surface area (Å²) in [4.78, 5) is 26.7. The number of anilines is 1. The van der Waals surface area contributed by atoms with Crippen molar-refractivity contribution in [3.05, 3.63) is 65.4 Å². The molecule has 39 heavy (non-hydrogen) atoms. The minimum absolute atomic E-state index is 0.158. The van der Waals surface area contributed by atoms with E-state index in [4.69, 9.17) is 13.9 Å². The molecule has 4 rings (SSSR count). The number of carbonyl (C=O) groups excluding carboxylic acids is 2. The van der Waals surface area contributed by atoms with Crippen molar-refractivity contribution in [3.63, 3.8) is 0 Å². The molecule has 0 fully saturated rings. The lowest BCUT2D eigenvalue weighted by molar-refractivity contribution is -0.155. The molecular formula is C32H43NO5Si. The number of hydrogen-bond donors (Lipinski definition) is 1. The van der Waals surface area contributed by atoms with Crippen molar-refractivity contribution in [2.24, 2.45) is 5.92 Å². The average molecular weight is 550 g/mol. The summed E-state index contributed by atoms with van der Waals surface area (Å²) in [6, 6.07) is 15.5. The number of hydrogen-bond acceptors (Lipinski definition) is 6. The summed E-state index contributed by atoms with van der Waals surface area (Å²) in [6.45, 7) is 15.6. The van der Waals surface area contributed by atoms with E-state index >= 15 is 0 Å². The lowest BCUT2D eigenvalue weighted by Crippen LogP contribution is -2.49. The highest BCUT2D eigenvalue weighted by atomic mass is 28.4. The minimum Gasteiger partial charge on any atom is -0.545 e. The summed E-state index contributed by atoms with van der Waals surface area (Å²) in [5.41, 5.74) is 5.03. The predicted molar refractivity (Wildman–Crippen MR) is 158 cm³/mol. The normalized spacial score (nSPS) is 20.5. The number of esters is 1. The summed E-state index contributed by atoms with van der Waals surface area (Å²) in [6.07, 6.45) is 0.533. The van der Waals surface area contributed by atoms with Crippen LogP contribution in [0, 0.1) is 5.92 Å². The van der Waals surface area contributed by atoms with Crippen LogP contribution < -0.4 is 10.1 Å². The molecule has 0 saturated carbocycles. The zero-order valence-corrected chi connectivity index (χ0v) is 25.5. The Kier molecular flexibility index (Phi) is 8.59. The van der Waals surface area contributed by atoms with Crippen molar-refractivity contribution in [1.29, 1.82) is 0 Å². The molecule has 6 nitrogen and oxygen atoms in total. The molecule has 1 aliphatic carbocycles. The second-order valence-corrected chi connectivity index (χ2v) is 17.0. The molecule has 1 aliphatic heterocycles. The van der Waals surface area contributed by atoms with Crippen LogP contribution in [0.4, 0.5) is 5.69 Å². The van der Waals surface area contributed by atoms with Crippen LogP contribution in [0.2, 0.25) is 16.6 Å². The van der Waals surface area contributed by atoms with E-state index in [1.165, 1.54) is 0 Å². The van der Waals surface area contributed by atoms with Gasteiger partial charge in [-0.1, -0.05) is 71.9 Å². The van der Waals surface area contributed by atoms with Gasteiger partial charge < -0.3 is 19.2 Å². The molecule has 0 amide bonds. The Bertz CT molecular complexity index is 1210. The van der Waals surface area contributed by atoms with E-state index in [0.29, 0.717) is 23.0 Å². The van der Waals surface area contributed by atoms with E-state index in [2.05, 4.69) is 46.9 Å². The van der Waals surface area contributed by atoms with E-state index in [0.717, 1.165) is 33.9 Å². The molecule has 0 saturated heterocycles. The Hall–Kier alpha value is -3.06. The Morgan fingerprint density at radius 2 is 1.62 bits per heavy atom. The highest BCUT2D eigenvalue weighted by molar-refractivity contribution is 6.78. The van der Waals surface area contributed by atoms with Gasteiger partial charge in [-0.15, -0.1) is 0 Å². The van der Waals surface area contributed by atoms with Gasteiger partial charge in [-0.2, -0.15) is 0 Å². The fraction of sp³-hybridized carbons (Fsp3) is 0.500. The molecule has 0 aromatic heterocycles. The van der Waals surface area contributed by atoms with Crippen LogP contribution in [-0.4, -0.2) is 39.8 Å². The van der Waals surface area contributed by atoms with E-state index in [1.807, 2.05) is 48.5 Å². The van der Waals surface area contributed by atoms with Gasteiger partial charge in [-0.3, -0.25) is 4.79 Å². The molecule has 7 heteroatoms. The van der Waals surface area contributed by atoms with Crippen LogP contribution >= 0.6 is 0 Å². The summed E-state index contributed by atoms with van der Waals surface area (Å²) < 4.78 is 18.2. The first kappa shape index (κ1) is 28.9. The lowest BCUT2D eigenvalue weighted by atomic mass is 9.70. The molecule has 1 heterocycles. The molecule has 0 spiro atoms. The van der Waals surface area contributed by atoms with Crippen LogP contribution in [0.25, 0.3) is 5.57 Å². The zero-order chi connectivity index (χ0) is 28.5. The SMILES string of the molecule is CCOC(=O)C(=O)[C@H]1[C@@H]2Nc3ccc(OC)cc3C2=C(O[Si](C(C)C)(C(C)C)C(C)C)C[C@@H]1c1ccccc1. The second kappa shape index (κ2) is 11.6. The largest absolute Gasteiger partial charge is 0.545 e. The number of nitrogens with one attached hydrogen (secondary N) is 1. The third kappa shape index (κ3) is 5.13. The van der Waals surface area contributed by atoms with E-state index in [-0.39, 0.29) is 12.5 Å². The van der Waals surface area contributed by atoms with Gasteiger partial charge >= 0.3 is 5.97 Å². The highest BCUT2D eigenvalue weighted by Gasteiger charge is 2.53. The monoisotopic (exact) mass is 549 g/mol. The quantitative estimate of drug-likeness (QED) is 0.190. The number of carbonyl (C=O) groups is 2. The average Bonchev–Trinajstić information content (AvgIpc) is 3.29. The number of fused-ring (bicyclic) bond motifs is 3. The summed E-state index contributed by atoms with van der Waals surface area (Å²) in [7, 11) is -0.672. The molecule has 210 valence electrons. The highest BCUT2D eigenvalue weighted by Crippen LogP contribution is 2.54. The summed E-state index contributed by atoms with van der Waals surface area (Å²) >= 11 is 0. The van der Waals surface area contributed by atoms with Gasteiger partial charge in [0.1, 0.15) is 5.75 Å². The molecule has 1 N–H and O–H groups in total. The first-order valence-electron chi connectivity index (χ1n) is 14.2. The van der Waals surface area contributed by atoms with Gasteiger partial charge in [0.2, 0.25) is 5.78 Å². The Balaban J connectivity index is 1.97. The molecule has 2 aromatic carbocycles. The number of benzene rings is 2. The van der Waals surface area contributed by atoms with Gasteiger partial charge in [0.25, 0.3) is 8.32 Å². The maximum Gasteiger partial charge on any atom is 0.375 e. The van der Waals surface area contributed by atoms with Crippen LogP contribution in [0.1, 0.15) is 71.9 Å². The molecule has 0 radical (unpaired) electrons. The number of Topliss-reactive ketones (excluding diaryl/α,β-unsaturated/α-hetero) is 1. The Morgan fingerprint density at radius 3 is 2.18 bits per heavy atom. The molecule has 0 bridgehead atoms. The van der Waals surface area contributed by atoms with Crippen LogP contribution in [0.3, 0.4) is 0 Å². The first-order valence-corrected chi connectivity index (χ1v) is 16.3. The first-order chi connectivity index (χ1) is 18.6. The lowest BCUT2D eigenvalue weighted by Gasteiger charge is -2.46. The molecule has 2 aromatic rings. The molecular weight excluding hydrogens is 506 g/mol. The third-order valence-electron chi connectivity index (χ3n) is 8.65. The number of ketones is 1. The van der Waals surface area contributed by atoms with Gasteiger partial charge in [0.05, 0.1) is 31.4 Å². The summed E-state index contributed by atoms with van der Waals surface area (Å²) in [5, 5.41) is 3.61. The van der Waals surface area contributed by atoms with Crippen LogP contribution in [-0.2, 0) is 18.8 Å². The maximum atomic E-state index is 13.8. The maximum absolute atomic E-state index is 13.8. The summed E-state index contributed by atoms with van der Waals surface area (Å²) in [5.74, 6) is -0.489. The van der Waals surface area contributed by atoms with Crippen molar-refractivity contribution in [1.82, 2.24) is 0 Å². The van der Waals surface area contributed by atoms with Crippen molar-refractivity contribution in [2.75, 3.05) is 19.0 Å². The van der Waals surface area contributed by atoms with Gasteiger partial charge in [0, 0.05) is 29.2 Å². The zero-order valence-electron chi connectivity index (χ0n) is 24.5. The molecule has 0 unspecified atom stereocenters. The second-order valence-electron chi connectivity index (χ2n) is 11.6. The van der Waals surface area contributed by atoms with Gasteiger partial charge in [-0.25, -0.2) is 4.79 Å². The molecule has 3 atom stereocenters. The van der Waals surface area contributed by atoms with Crippen LogP contribution in [0.15, 0.2) is 54.3 Å². The third-order valence-corrected chi connectivity index (χ3v) is 14.7. The standard InChI is InChI=1S/C32H43NO5Si/c1-9-37-32(35)31(34)29-24(22-13-11-10-12-14-22)18-27(38-39(19(2)3,20(4)5)21(6)7)28-25-17-23(36-8)15-16-26(25)33-30(28)29/h10-17,19-21,24,29-30,33H,9,18H2,1-8H3/t24-,29-,30-/m1/s1. The fourth-order valence-corrected chi connectivity index (χ4v) is 12.4. The number of rotatable bonds is 10. The van der Waals surface area contributed by atoms with Crippen molar-refractivity contribution in [2.45, 2.75) is 83.5 Å². The number of allylic oxidation sites excluding steroid dienone is 1. The van der Waals surface area contributed by atoms with E-state index in [9.17, 15) is 9.59 Å². The smallest absolute Gasteiger partial charge is 0.375 e. The van der Waals surface area contributed by atoms with Crippen molar-refractivity contribution < 1.29 is 23.5 Å². The topological polar surface area (TPSA) is 73.9 Å². The molecule has 2 aliphatic rings. The predicted octanol–water partition coefficient (Wildman–Crippen LogP) is 7.33. The van der Waals surface area contributed by atoms with Gasteiger partial charge in [0.15, 0.2) is 0 Å². The van der Waals surface area contributed by atoms with Crippen molar-refractivity contribution >= 4 is 31.3 Å². The number of methoxy groups -OCH3 is 1. The minimum atomic E-state index is -2.33. The Morgan fingerprint density at radius 1 is 0.974 bits per heavy atom. The van der Waals surface area contributed by atoms with Crippen LogP contribution in [0.5, 0.6) is 5.75 Å². The Labute approximate surface area is 234 Å². The van der Waals surface area contributed by atoms with E-state index in [1.54, 1.807) is 14.0 Å². The van der Waals surface area contributed by atoms with Crippen molar-refractivity contribution in [3.8, 4) is 5.75 Å².